The van der Waals surface area contributed by atoms with Crippen molar-refractivity contribution in [1.82, 2.24) is 4.90 Å². The SMILES string of the molecule is O=C(c1cccc([N+](=O)[O-])c1)N(Cc1ccco1)Cc1c(F)cccc1Cl. The number of hydrogen-bond acceptors (Lipinski definition) is 4. The average molecular weight is 389 g/mol. The van der Waals surface area contributed by atoms with Crippen LogP contribution in [0.5, 0.6) is 0 Å². The van der Waals surface area contributed by atoms with Crippen LogP contribution in [0.15, 0.2) is 65.3 Å². The highest BCUT2D eigenvalue weighted by molar-refractivity contribution is 6.31. The number of nitro benzene ring substituents is 1. The molecule has 0 saturated carbocycles. The molecule has 8 heteroatoms. The lowest BCUT2D eigenvalue weighted by molar-refractivity contribution is -0.384. The molecule has 0 aliphatic rings. The second-order valence-electron chi connectivity index (χ2n) is 5.75. The molecule has 0 radical (unpaired) electrons. The normalized spacial score (nSPS) is 10.6. The van der Waals surface area contributed by atoms with Crippen LogP contribution in [0, 0.1) is 15.9 Å². The van der Waals surface area contributed by atoms with Crippen LogP contribution in [0.4, 0.5) is 10.1 Å². The van der Waals surface area contributed by atoms with E-state index in [9.17, 15) is 19.3 Å². The first-order valence-corrected chi connectivity index (χ1v) is 8.32. The van der Waals surface area contributed by atoms with E-state index in [0.717, 1.165) is 0 Å². The fourth-order valence-corrected chi connectivity index (χ4v) is 2.82. The molecule has 138 valence electrons. The lowest BCUT2D eigenvalue weighted by Crippen LogP contribution is -2.30. The van der Waals surface area contributed by atoms with Crippen LogP contribution in [0.2, 0.25) is 5.02 Å². The number of nitrogens with zero attached hydrogens (tertiary/aromatic N) is 2. The maximum atomic E-state index is 14.2. The number of rotatable bonds is 6. The van der Waals surface area contributed by atoms with Gasteiger partial charge in [0, 0.05) is 28.3 Å². The molecule has 0 unspecified atom stereocenters. The van der Waals surface area contributed by atoms with Crippen molar-refractivity contribution in [3.8, 4) is 0 Å². The number of amides is 1. The molecule has 3 rings (SSSR count). The fraction of sp³-hybridized carbons (Fsp3) is 0.105. The van der Waals surface area contributed by atoms with Crippen molar-refractivity contribution in [3.05, 3.63) is 98.7 Å². The van der Waals surface area contributed by atoms with Gasteiger partial charge < -0.3 is 9.32 Å². The summed E-state index contributed by atoms with van der Waals surface area (Å²) in [6.07, 6.45) is 1.46. The molecule has 0 N–H and O–H groups in total. The zero-order valence-electron chi connectivity index (χ0n) is 14.0. The molecule has 0 aliphatic heterocycles. The van der Waals surface area contributed by atoms with Gasteiger partial charge in [-0.3, -0.25) is 14.9 Å². The summed E-state index contributed by atoms with van der Waals surface area (Å²) in [4.78, 5) is 24.7. The van der Waals surface area contributed by atoms with Gasteiger partial charge in [0.15, 0.2) is 0 Å². The first kappa shape index (κ1) is 18.6. The number of hydrogen-bond donors (Lipinski definition) is 0. The van der Waals surface area contributed by atoms with Crippen LogP contribution < -0.4 is 0 Å². The average Bonchev–Trinajstić information content (AvgIpc) is 3.16. The summed E-state index contributed by atoms with van der Waals surface area (Å²) in [5, 5.41) is 11.2. The van der Waals surface area contributed by atoms with Gasteiger partial charge in [-0.1, -0.05) is 23.7 Å². The number of carbonyl (C=O) groups is 1. The van der Waals surface area contributed by atoms with Crippen molar-refractivity contribution >= 4 is 23.2 Å². The third-order valence-electron chi connectivity index (χ3n) is 3.93. The van der Waals surface area contributed by atoms with E-state index in [-0.39, 0.29) is 34.9 Å². The van der Waals surface area contributed by atoms with Crippen LogP contribution in [-0.4, -0.2) is 15.7 Å². The van der Waals surface area contributed by atoms with E-state index in [2.05, 4.69) is 0 Å². The molecule has 0 saturated heterocycles. The first-order valence-electron chi connectivity index (χ1n) is 7.94. The summed E-state index contributed by atoms with van der Waals surface area (Å²) in [7, 11) is 0. The Balaban J connectivity index is 1.95. The Bertz CT molecular complexity index is 955. The van der Waals surface area contributed by atoms with Crippen LogP contribution in [0.1, 0.15) is 21.7 Å². The predicted molar refractivity (Wildman–Crippen MR) is 96.8 cm³/mol. The molecule has 0 aliphatic carbocycles. The second-order valence-corrected chi connectivity index (χ2v) is 6.16. The van der Waals surface area contributed by atoms with Crippen LogP contribution in [-0.2, 0) is 13.1 Å². The van der Waals surface area contributed by atoms with Gasteiger partial charge in [0.1, 0.15) is 11.6 Å². The summed E-state index contributed by atoms with van der Waals surface area (Å²) >= 11 is 6.08. The van der Waals surface area contributed by atoms with Gasteiger partial charge in [-0.15, -0.1) is 0 Å². The Kier molecular flexibility index (Phi) is 5.52. The minimum Gasteiger partial charge on any atom is -0.467 e. The number of benzene rings is 2. The molecule has 6 nitrogen and oxygen atoms in total. The van der Waals surface area contributed by atoms with E-state index in [1.165, 1.54) is 53.6 Å². The minimum absolute atomic E-state index is 0.0548. The second kappa shape index (κ2) is 8.01. The monoisotopic (exact) mass is 388 g/mol. The van der Waals surface area contributed by atoms with Crippen molar-refractivity contribution in [3.63, 3.8) is 0 Å². The van der Waals surface area contributed by atoms with Gasteiger partial charge in [0.05, 0.1) is 24.3 Å². The number of halogens is 2. The Morgan fingerprint density at radius 1 is 1.15 bits per heavy atom. The third kappa shape index (κ3) is 4.32. The van der Waals surface area contributed by atoms with Crippen molar-refractivity contribution in [2.24, 2.45) is 0 Å². The molecule has 1 amide bonds. The van der Waals surface area contributed by atoms with E-state index in [4.69, 9.17) is 16.0 Å². The summed E-state index contributed by atoms with van der Waals surface area (Å²) in [6.45, 7) is -0.0626. The molecular formula is C19H14ClFN2O4. The Morgan fingerprint density at radius 3 is 2.59 bits per heavy atom. The van der Waals surface area contributed by atoms with Gasteiger partial charge in [0.25, 0.3) is 11.6 Å². The van der Waals surface area contributed by atoms with Crippen molar-refractivity contribution < 1.29 is 18.5 Å². The number of carbonyl (C=O) groups excluding carboxylic acids is 1. The van der Waals surface area contributed by atoms with E-state index in [1.54, 1.807) is 12.1 Å². The Morgan fingerprint density at radius 2 is 1.93 bits per heavy atom. The molecule has 0 spiro atoms. The highest BCUT2D eigenvalue weighted by Crippen LogP contribution is 2.24. The molecule has 27 heavy (non-hydrogen) atoms. The minimum atomic E-state index is -0.582. The van der Waals surface area contributed by atoms with Gasteiger partial charge in [-0.2, -0.15) is 0 Å². The first-order chi connectivity index (χ1) is 13.0. The predicted octanol–water partition coefficient (Wildman–Crippen LogP) is 4.82. The lowest BCUT2D eigenvalue weighted by atomic mass is 10.1. The number of nitro groups is 1. The molecule has 0 atom stereocenters. The number of furan rings is 1. The zero-order chi connectivity index (χ0) is 19.4. The molecule has 0 bridgehead atoms. The zero-order valence-corrected chi connectivity index (χ0v) is 14.7. The fourth-order valence-electron chi connectivity index (χ4n) is 2.60. The molecule has 1 heterocycles. The Labute approximate surface area is 158 Å². The largest absolute Gasteiger partial charge is 0.467 e. The molecule has 1 aromatic heterocycles. The quantitative estimate of drug-likeness (QED) is 0.448. The third-order valence-corrected chi connectivity index (χ3v) is 4.28. The lowest BCUT2D eigenvalue weighted by Gasteiger charge is -2.22. The highest BCUT2D eigenvalue weighted by Gasteiger charge is 2.22. The van der Waals surface area contributed by atoms with E-state index < -0.39 is 16.6 Å². The molecule has 0 fully saturated rings. The molecule has 2 aromatic carbocycles. The topological polar surface area (TPSA) is 76.6 Å². The van der Waals surface area contributed by atoms with E-state index in [0.29, 0.717) is 5.76 Å². The van der Waals surface area contributed by atoms with Crippen molar-refractivity contribution in [2.75, 3.05) is 0 Å². The molecule has 3 aromatic rings. The van der Waals surface area contributed by atoms with Crippen molar-refractivity contribution in [2.45, 2.75) is 13.1 Å². The molecular weight excluding hydrogens is 375 g/mol. The summed E-state index contributed by atoms with van der Waals surface area (Å²) in [6, 6.07) is 13.0. The maximum Gasteiger partial charge on any atom is 0.270 e. The van der Waals surface area contributed by atoms with E-state index >= 15 is 0 Å². The van der Waals surface area contributed by atoms with Gasteiger partial charge in [0.2, 0.25) is 0 Å². The smallest absolute Gasteiger partial charge is 0.270 e. The van der Waals surface area contributed by atoms with Crippen molar-refractivity contribution in [1.29, 1.82) is 0 Å². The van der Waals surface area contributed by atoms with E-state index in [1.807, 2.05) is 0 Å². The van der Waals surface area contributed by atoms with Gasteiger partial charge in [-0.05, 0) is 30.3 Å². The summed E-state index contributed by atoms with van der Waals surface area (Å²) < 4.78 is 19.5. The van der Waals surface area contributed by atoms with Crippen LogP contribution in [0.3, 0.4) is 0 Å². The Hall–Kier alpha value is -3.19. The highest BCUT2D eigenvalue weighted by atomic mass is 35.5. The summed E-state index contributed by atoms with van der Waals surface area (Å²) in [5.41, 5.74) is 0.0652. The number of non-ortho nitro benzene ring substituents is 1. The van der Waals surface area contributed by atoms with Gasteiger partial charge in [-0.25, -0.2) is 4.39 Å². The van der Waals surface area contributed by atoms with Gasteiger partial charge >= 0.3 is 0 Å². The standard InChI is InChI=1S/C19H14ClFN2O4/c20-17-7-2-8-18(21)16(17)12-22(11-15-6-3-9-27-15)19(24)13-4-1-5-14(10-13)23(25)26/h1-10H,11-12H2. The van der Waals surface area contributed by atoms with Crippen LogP contribution >= 0.6 is 11.6 Å². The summed E-state index contributed by atoms with van der Waals surface area (Å²) in [5.74, 6) is -0.561. The maximum absolute atomic E-state index is 14.2. The van der Waals surface area contributed by atoms with Crippen LogP contribution in [0.25, 0.3) is 0 Å².